The average Bonchev–Trinajstić information content (AvgIpc) is 2.75. The number of benzene rings is 1. The Balaban J connectivity index is 1.82. The molecule has 0 N–H and O–H groups in total. The molecule has 0 heterocycles. The smallest absolute Gasteiger partial charge is 0.266 e. The summed E-state index contributed by atoms with van der Waals surface area (Å²) in [5, 5.41) is 0. The maximum Gasteiger partial charge on any atom is 0.296 e. The van der Waals surface area contributed by atoms with E-state index in [0.717, 1.165) is 16.4 Å². The van der Waals surface area contributed by atoms with Crippen LogP contribution in [0.25, 0.3) is 0 Å². The Morgan fingerprint density at radius 3 is 1.35 bits per heavy atom. The van der Waals surface area contributed by atoms with Gasteiger partial charge in [-0.25, -0.2) is 0 Å². The van der Waals surface area contributed by atoms with Gasteiger partial charge in [0.2, 0.25) is 0 Å². The molecule has 0 aliphatic rings. The standard InChI is InChI=1S/C26H45IO3S/c1-2-3-4-5-6-7-8-9-10-11-12-13-14-15-16-17-18-19-24-30-31(28,29)26-22-20-25(27)21-23-26/h20-23H,2-19,24H2,1H3. The summed E-state index contributed by atoms with van der Waals surface area (Å²) in [6.45, 7) is 2.56. The zero-order valence-electron chi connectivity index (χ0n) is 19.8. The van der Waals surface area contributed by atoms with Gasteiger partial charge in [-0.3, -0.25) is 4.18 Å². The van der Waals surface area contributed by atoms with Gasteiger partial charge in [0.1, 0.15) is 0 Å². The minimum absolute atomic E-state index is 0.246. The van der Waals surface area contributed by atoms with Gasteiger partial charge >= 0.3 is 0 Å². The molecule has 0 spiro atoms. The van der Waals surface area contributed by atoms with Crippen LogP contribution in [0.2, 0.25) is 0 Å². The fourth-order valence-corrected chi connectivity index (χ4v) is 5.14. The lowest BCUT2D eigenvalue weighted by atomic mass is 10.0. The number of hydrogen-bond donors (Lipinski definition) is 0. The molecule has 0 bridgehead atoms. The molecule has 0 amide bonds. The van der Waals surface area contributed by atoms with Gasteiger partial charge in [-0.15, -0.1) is 0 Å². The fraction of sp³-hybridized carbons (Fsp3) is 0.769. The maximum absolute atomic E-state index is 12.1. The monoisotopic (exact) mass is 564 g/mol. The van der Waals surface area contributed by atoms with E-state index in [9.17, 15) is 8.42 Å². The third-order valence-electron chi connectivity index (χ3n) is 5.84. The van der Waals surface area contributed by atoms with Crippen molar-refractivity contribution >= 4 is 32.7 Å². The molecular weight excluding hydrogens is 519 g/mol. The highest BCUT2D eigenvalue weighted by Gasteiger charge is 2.14. The highest BCUT2D eigenvalue weighted by atomic mass is 127. The number of halogens is 1. The second kappa shape index (κ2) is 19.3. The predicted molar refractivity (Wildman–Crippen MR) is 141 cm³/mol. The number of rotatable bonds is 21. The van der Waals surface area contributed by atoms with Crippen molar-refractivity contribution in [2.24, 2.45) is 0 Å². The van der Waals surface area contributed by atoms with E-state index in [-0.39, 0.29) is 11.5 Å². The third-order valence-corrected chi connectivity index (χ3v) is 7.88. The summed E-state index contributed by atoms with van der Waals surface area (Å²) in [7, 11) is -3.60. The first-order valence-electron chi connectivity index (χ1n) is 12.7. The molecule has 1 aromatic carbocycles. The predicted octanol–water partition coefficient (Wildman–Crippen LogP) is 9.04. The first kappa shape index (κ1) is 28.9. The van der Waals surface area contributed by atoms with Crippen LogP contribution in [-0.4, -0.2) is 15.0 Å². The van der Waals surface area contributed by atoms with Gasteiger partial charge in [-0.05, 0) is 53.3 Å². The molecule has 0 radical (unpaired) electrons. The van der Waals surface area contributed by atoms with Gasteiger partial charge in [0, 0.05) is 3.57 Å². The van der Waals surface area contributed by atoms with Crippen molar-refractivity contribution in [1.82, 2.24) is 0 Å². The normalized spacial score (nSPS) is 11.8. The first-order chi connectivity index (χ1) is 15.1. The van der Waals surface area contributed by atoms with E-state index < -0.39 is 10.1 Å². The maximum atomic E-state index is 12.1. The zero-order chi connectivity index (χ0) is 22.6. The van der Waals surface area contributed by atoms with Crippen LogP contribution in [0.1, 0.15) is 122 Å². The van der Waals surface area contributed by atoms with Crippen molar-refractivity contribution in [3.05, 3.63) is 27.8 Å². The number of hydrogen-bond acceptors (Lipinski definition) is 3. The summed E-state index contributed by atoms with van der Waals surface area (Å²) >= 11 is 2.16. The molecule has 0 aliphatic heterocycles. The Kier molecular flexibility index (Phi) is 18.0. The van der Waals surface area contributed by atoms with Crippen LogP contribution in [0.3, 0.4) is 0 Å². The van der Waals surface area contributed by atoms with Gasteiger partial charge < -0.3 is 0 Å². The van der Waals surface area contributed by atoms with Crippen molar-refractivity contribution in [3.8, 4) is 0 Å². The van der Waals surface area contributed by atoms with Crippen LogP contribution in [-0.2, 0) is 14.3 Å². The lowest BCUT2D eigenvalue weighted by molar-refractivity contribution is 0.306. The van der Waals surface area contributed by atoms with Crippen molar-refractivity contribution in [3.63, 3.8) is 0 Å². The highest BCUT2D eigenvalue weighted by Crippen LogP contribution is 2.16. The van der Waals surface area contributed by atoms with E-state index >= 15 is 0 Å². The second-order valence-electron chi connectivity index (χ2n) is 8.74. The van der Waals surface area contributed by atoms with Crippen LogP contribution in [0.15, 0.2) is 29.2 Å². The molecule has 31 heavy (non-hydrogen) atoms. The fourth-order valence-electron chi connectivity index (χ4n) is 3.84. The minimum Gasteiger partial charge on any atom is -0.266 e. The molecule has 3 nitrogen and oxygen atoms in total. The Morgan fingerprint density at radius 2 is 0.968 bits per heavy atom. The quantitative estimate of drug-likeness (QED) is 0.0850. The summed E-state index contributed by atoms with van der Waals surface area (Å²) in [5.74, 6) is 0. The van der Waals surface area contributed by atoms with E-state index in [2.05, 4.69) is 29.5 Å². The Labute approximate surface area is 206 Å². The SMILES string of the molecule is CCCCCCCCCCCCCCCCCCCCOS(=O)(=O)c1ccc(I)cc1. The molecule has 0 unspecified atom stereocenters. The van der Waals surface area contributed by atoms with E-state index in [4.69, 9.17) is 4.18 Å². The van der Waals surface area contributed by atoms with Crippen molar-refractivity contribution < 1.29 is 12.6 Å². The Bertz CT molecular complexity index is 629. The van der Waals surface area contributed by atoms with E-state index in [0.29, 0.717) is 0 Å². The molecule has 0 aromatic heterocycles. The van der Waals surface area contributed by atoms with Crippen LogP contribution >= 0.6 is 22.6 Å². The van der Waals surface area contributed by atoms with Crippen LogP contribution < -0.4 is 0 Å². The zero-order valence-corrected chi connectivity index (χ0v) is 22.7. The van der Waals surface area contributed by atoms with Gasteiger partial charge in [0.25, 0.3) is 10.1 Å². The molecule has 0 atom stereocenters. The van der Waals surface area contributed by atoms with Crippen molar-refractivity contribution in [2.45, 2.75) is 127 Å². The Morgan fingerprint density at radius 1 is 0.613 bits per heavy atom. The number of unbranched alkanes of at least 4 members (excludes halogenated alkanes) is 17. The van der Waals surface area contributed by atoms with E-state index in [1.807, 2.05) is 0 Å². The molecule has 0 saturated heterocycles. The van der Waals surface area contributed by atoms with Gasteiger partial charge in [0.15, 0.2) is 0 Å². The largest absolute Gasteiger partial charge is 0.296 e. The molecule has 1 aromatic rings. The molecular formula is C26H45IO3S. The first-order valence-corrected chi connectivity index (χ1v) is 15.2. The van der Waals surface area contributed by atoms with Crippen LogP contribution in [0.5, 0.6) is 0 Å². The summed E-state index contributed by atoms with van der Waals surface area (Å²) < 4.78 is 30.4. The minimum atomic E-state index is -3.60. The lowest BCUT2D eigenvalue weighted by Gasteiger charge is -2.06. The topological polar surface area (TPSA) is 43.4 Å². The molecule has 0 fully saturated rings. The highest BCUT2D eigenvalue weighted by molar-refractivity contribution is 14.1. The molecule has 0 aliphatic carbocycles. The van der Waals surface area contributed by atoms with Gasteiger partial charge in [0.05, 0.1) is 11.5 Å². The average molecular weight is 565 g/mol. The lowest BCUT2D eigenvalue weighted by Crippen LogP contribution is -2.07. The molecule has 5 heteroatoms. The van der Waals surface area contributed by atoms with Gasteiger partial charge in [-0.2, -0.15) is 8.42 Å². The molecule has 180 valence electrons. The van der Waals surface area contributed by atoms with E-state index in [1.54, 1.807) is 24.3 Å². The summed E-state index contributed by atoms with van der Waals surface area (Å²) in [6, 6.07) is 6.78. The van der Waals surface area contributed by atoms with Crippen molar-refractivity contribution in [1.29, 1.82) is 0 Å². The Hall–Kier alpha value is -0.140. The van der Waals surface area contributed by atoms with Crippen LogP contribution in [0, 0.1) is 3.57 Å². The van der Waals surface area contributed by atoms with E-state index in [1.165, 1.54) is 103 Å². The van der Waals surface area contributed by atoms with Crippen molar-refractivity contribution in [2.75, 3.05) is 6.61 Å². The van der Waals surface area contributed by atoms with Crippen LogP contribution in [0.4, 0.5) is 0 Å². The molecule has 1 rings (SSSR count). The molecule has 0 saturated carbocycles. The third kappa shape index (κ3) is 16.2. The summed E-state index contributed by atoms with van der Waals surface area (Å²) in [6.07, 6.45) is 23.9. The summed E-state index contributed by atoms with van der Waals surface area (Å²) in [5.41, 5.74) is 0. The second-order valence-corrected chi connectivity index (χ2v) is 11.6. The summed E-state index contributed by atoms with van der Waals surface area (Å²) in [4.78, 5) is 0.246. The van der Waals surface area contributed by atoms with Gasteiger partial charge in [-0.1, -0.05) is 116 Å².